The predicted molar refractivity (Wildman–Crippen MR) is 68.3 cm³/mol. The Kier molecular flexibility index (Phi) is 4.41. The Balaban J connectivity index is 2.24. The van der Waals surface area contributed by atoms with Gasteiger partial charge < -0.3 is 9.84 Å². The number of hydrogen-bond donors (Lipinski definition) is 1. The van der Waals surface area contributed by atoms with Crippen molar-refractivity contribution in [3.63, 3.8) is 0 Å². The average molecular weight is 262 g/mol. The fraction of sp³-hybridized carbons (Fsp3) is 0.286. The number of aromatic nitrogens is 2. The zero-order valence-electron chi connectivity index (χ0n) is 10.6. The van der Waals surface area contributed by atoms with E-state index in [1.165, 1.54) is 18.5 Å². The number of nitrogens with zero attached hydrogens (tertiary/aromatic N) is 2. The lowest BCUT2D eigenvalue weighted by Gasteiger charge is -2.13. The largest absolute Gasteiger partial charge is 0.492 e. The predicted octanol–water partition coefficient (Wildman–Crippen LogP) is 2.49. The Morgan fingerprint density at radius 1 is 1.32 bits per heavy atom. The number of ether oxygens (including phenoxy) is 1. The van der Waals surface area contributed by atoms with E-state index in [0.717, 1.165) is 12.6 Å². The van der Waals surface area contributed by atoms with Gasteiger partial charge in [-0.3, -0.25) is 9.97 Å². The van der Waals surface area contributed by atoms with Crippen molar-refractivity contribution >= 4 is 0 Å². The van der Waals surface area contributed by atoms with Gasteiger partial charge in [0.1, 0.15) is 17.7 Å². The second-order valence-electron chi connectivity index (χ2n) is 4.10. The van der Waals surface area contributed by atoms with E-state index in [0.29, 0.717) is 17.9 Å². The first-order valence-corrected chi connectivity index (χ1v) is 6.07. The van der Waals surface area contributed by atoms with Crippen molar-refractivity contribution in [1.29, 1.82) is 0 Å². The molecule has 1 atom stereocenters. The van der Waals surface area contributed by atoms with Crippen LogP contribution in [0, 0.1) is 5.82 Å². The molecule has 2 aromatic rings. The molecule has 2 heterocycles. The second kappa shape index (κ2) is 6.24. The Hall–Kier alpha value is -2.01. The summed E-state index contributed by atoms with van der Waals surface area (Å²) < 4.78 is 19.0. The highest BCUT2D eigenvalue weighted by Crippen LogP contribution is 2.25. The summed E-state index contributed by atoms with van der Waals surface area (Å²) in [5, 5.41) is 10.2. The summed E-state index contributed by atoms with van der Waals surface area (Å²) in [6, 6.07) is 3.10. The molecule has 2 aromatic heterocycles. The van der Waals surface area contributed by atoms with Crippen LogP contribution in [0.25, 0.3) is 0 Å². The van der Waals surface area contributed by atoms with E-state index in [2.05, 4.69) is 9.97 Å². The zero-order valence-corrected chi connectivity index (χ0v) is 10.6. The minimum absolute atomic E-state index is 0.171. The SMILES string of the molecule is CCCOc1cncc(C(O)c2ccncc2F)c1. The third kappa shape index (κ3) is 3.26. The molecule has 19 heavy (non-hydrogen) atoms. The van der Waals surface area contributed by atoms with Crippen LogP contribution in [-0.2, 0) is 0 Å². The molecule has 0 aromatic carbocycles. The third-order valence-corrected chi connectivity index (χ3v) is 2.62. The number of aliphatic hydroxyl groups excluding tert-OH is 1. The second-order valence-corrected chi connectivity index (χ2v) is 4.10. The van der Waals surface area contributed by atoms with Gasteiger partial charge in [0, 0.05) is 23.5 Å². The van der Waals surface area contributed by atoms with Crippen LogP contribution in [0.3, 0.4) is 0 Å². The van der Waals surface area contributed by atoms with Crippen LogP contribution in [0.1, 0.15) is 30.6 Å². The van der Waals surface area contributed by atoms with E-state index in [1.807, 2.05) is 6.92 Å². The molecular weight excluding hydrogens is 247 g/mol. The number of rotatable bonds is 5. The maximum atomic E-state index is 13.6. The first-order chi connectivity index (χ1) is 9.22. The molecule has 0 spiro atoms. The smallest absolute Gasteiger partial charge is 0.147 e. The van der Waals surface area contributed by atoms with Gasteiger partial charge in [-0.05, 0) is 18.6 Å². The molecule has 0 saturated carbocycles. The lowest BCUT2D eigenvalue weighted by atomic mass is 10.0. The maximum absolute atomic E-state index is 13.6. The van der Waals surface area contributed by atoms with Crippen molar-refractivity contribution in [1.82, 2.24) is 9.97 Å². The van der Waals surface area contributed by atoms with Gasteiger partial charge in [0.05, 0.1) is 19.0 Å². The van der Waals surface area contributed by atoms with Crippen LogP contribution < -0.4 is 4.74 Å². The highest BCUT2D eigenvalue weighted by Gasteiger charge is 2.15. The van der Waals surface area contributed by atoms with E-state index in [9.17, 15) is 9.50 Å². The van der Waals surface area contributed by atoms with Gasteiger partial charge >= 0.3 is 0 Å². The number of aliphatic hydroxyl groups is 1. The van der Waals surface area contributed by atoms with Crippen LogP contribution in [0.5, 0.6) is 5.75 Å². The Morgan fingerprint density at radius 2 is 2.16 bits per heavy atom. The van der Waals surface area contributed by atoms with Crippen LogP contribution in [0.15, 0.2) is 36.9 Å². The van der Waals surface area contributed by atoms with E-state index >= 15 is 0 Å². The summed E-state index contributed by atoms with van der Waals surface area (Å²) in [5.41, 5.74) is 0.656. The average Bonchev–Trinajstić information content (AvgIpc) is 2.45. The molecule has 1 N–H and O–H groups in total. The summed E-state index contributed by atoms with van der Waals surface area (Å²) in [6.45, 7) is 2.57. The molecule has 0 bridgehead atoms. The van der Waals surface area contributed by atoms with Gasteiger partial charge in [0.15, 0.2) is 0 Å². The summed E-state index contributed by atoms with van der Waals surface area (Å²) in [7, 11) is 0. The zero-order chi connectivity index (χ0) is 13.7. The molecular formula is C14H15FN2O2. The fourth-order valence-electron chi connectivity index (χ4n) is 1.67. The van der Waals surface area contributed by atoms with Crippen molar-refractivity contribution < 1.29 is 14.2 Å². The molecule has 5 heteroatoms. The van der Waals surface area contributed by atoms with Crippen molar-refractivity contribution in [3.8, 4) is 5.75 Å². The molecule has 0 aliphatic heterocycles. The van der Waals surface area contributed by atoms with Gasteiger partial charge in [0.25, 0.3) is 0 Å². The van der Waals surface area contributed by atoms with E-state index in [1.54, 1.807) is 12.3 Å². The standard InChI is InChI=1S/C14H15FN2O2/c1-2-5-19-11-6-10(7-17-8-11)14(18)12-3-4-16-9-13(12)15/h3-4,6-9,14,18H,2,5H2,1H3. The first kappa shape index (κ1) is 13.4. The van der Waals surface area contributed by atoms with E-state index in [-0.39, 0.29) is 5.56 Å². The van der Waals surface area contributed by atoms with E-state index < -0.39 is 11.9 Å². The molecule has 100 valence electrons. The quantitative estimate of drug-likeness (QED) is 0.899. The molecule has 4 nitrogen and oxygen atoms in total. The van der Waals surface area contributed by atoms with Crippen molar-refractivity contribution in [2.45, 2.75) is 19.4 Å². The Labute approximate surface area is 110 Å². The Morgan fingerprint density at radius 3 is 2.89 bits per heavy atom. The van der Waals surface area contributed by atoms with Gasteiger partial charge in [-0.2, -0.15) is 0 Å². The summed E-state index contributed by atoms with van der Waals surface area (Å²) >= 11 is 0. The van der Waals surface area contributed by atoms with Crippen molar-refractivity contribution in [2.75, 3.05) is 6.61 Å². The van der Waals surface area contributed by atoms with Gasteiger partial charge in [-0.15, -0.1) is 0 Å². The maximum Gasteiger partial charge on any atom is 0.147 e. The fourth-order valence-corrected chi connectivity index (χ4v) is 1.67. The van der Waals surface area contributed by atoms with E-state index in [4.69, 9.17) is 4.74 Å². The molecule has 0 saturated heterocycles. The first-order valence-electron chi connectivity index (χ1n) is 6.07. The lowest BCUT2D eigenvalue weighted by Crippen LogP contribution is -2.04. The minimum atomic E-state index is -1.08. The van der Waals surface area contributed by atoms with Gasteiger partial charge in [-0.1, -0.05) is 6.92 Å². The molecule has 2 rings (SSSR count). The lowest BCUT2D eigenvalue weighted by molar-refractivity contribution is 0.213. The monoisotopic (exact) mass is 262 g/mol. The molecule has 0 aliphatic rings. The summed E-state index contributed by atoms with van der Waals surface area (Å²) in [5.74, 6) is 0.0164. The molecule has 0 amide bonds. The van der Waals surface area contributed by atoms with Crippen LogP contribution in [-0.4, -0.2) is 21.7 Å². The Bertz CT molecular complexity index is 548. The highest BCUT2D eigenvalue weighted by atomic mass is 19.1. The van der Waals surface area contributed by atoms with Crippen molar-refractivity contribution in [3.05, 3.63) is 53.9 Å². The third-order valence-electron chi connectivity index (χ3n) is 2.62. The molecule has 0 radical (unpaired) electrons. The van der Waals surface area contributed by atoms with Gasteiger partial charge in [-0.25, -0.2) is 4.39 Å². The normalized spacial score (nSPS) is 12.2. The molecule has 0 fully saturated rings. The summed E-state index contributed by atoms with van der Waals surface area (Å²) in [4.78, 5) is 7.64. The number of pyridine rings is 2. The van der Waals surface area contributed by atoms with Gasteiger partial charge in [0.2, 0.25) is 0 Å². The number of hydrogen-bond acceptors (Lipinski definition) is 4. The molecule has 1 unspecified atom stereocenters. The van der Waals surface area contributed by atoms with Crippen molar-refractivity contribution in [2.24, 2.45) is 0 Å². The number of halogens is 1. The van der Waals surface area contributed by atoms with Crippen LogP contribution in [0.2, 0.25) is 0 Å². The highest BCUT2D eigenvalue weighted by molar-refractivity contribution is 5.32. The minimum Gasteiger partial charge on any atom is -0.492 e. The topological polar surface area (TPSA) is 55.2 Å². The molecule has 0 aliphatic carbocycles. The van der Waals surface area contributed by atoms with Crippen LogP contribution in [0.4, 0.5) is 4.39 Å². The van der Waals surface area contributed by atoms with Crippen LogP contribution >= 0.6 is 0 Å². The summed E-state index contributed by atoms with van der Waals surface area (Å²) in [6.07, 6.45) is 5.36.